The summed E-state index contributed by atoms with van der Waals surface area (Å²) in [6.07, 6.45) is -0.615. The Labute approximate surface area is 85.9 Å². The third-order valence-electron chi connectivity index (χ3n) is 2.12. The van der Waals surface area contributed by atoms with E-state index in [1.807, 2.05) is 6.07 Å². The molecule has 1 aliphatic rings. The van der Waals surface area contributed by atoms with Gasteiger partial charge in [-0.3, -0.25) is 9.69 Å². The van der Waals surface area contributed by atoms with Crippen molar-refractivity contribution < 1.29 is 19.4 Å². The average molecular weight is 207 g/mol. The van der Waals surface area contributed by atoms with Gasteiger partial charge in [0.25, 0.3) is 0 Å². The van der Waals surface area contributed by atoms with Crippen molar-refractivity contribution in [1.82, 2.24) is 4.90 Å². The molecule has 1 aromatic carbocycles. The third kappa shape index (κ3) is 1.90. The van der Waals surface area contributed by atoms with E-state index in [1.54, 1.807) is 18.2 Å². The summed E-state index contributed by atoms with van der Waals surface area (Å²) < 4.78 is 4.97. The zero-order chi connectivity index (χ0) is 10.8. The van der Waals surface area contributed by atoms with Crippen LogP contribution < -0.4 is 4.74 Å². The summed E-state index contributed by atoms with van der Waals surface area (Å²) in [7, 11) is 0. The minimum absolute atomic E-state index is 0.279. The first kappa shape index (κ1) is 9.51. The monoisotopic (exact) mass is 207 g/mol. The van der Waals surface area contributed by atoms with Gasteiger partial charge in [0.05, 0.1) is 6.54 Å². The van der Waals surface area contributed by atoms with E-state index in [9.17, 15) is 9.59 Å². The lowest BCUT2D eigenvalue weighted by Gasteiger charge is -2.26. The molecule has 0 aromatic heterocycles. The van der Waals surface area contributed by atoms with Crippen LogP contribution in [-0.2, 0) is 11.3 Å². The van der Waals surface area contributed by atoms with Crippen molar-refractivity contribution in [3.8, 4) is 5.75 Å². The molecule has 1 heterocycles. The standard InChI is InChI=1S/C10H9NO4/c12-9(13)6-11-5-7-3-1-2-4-8(7)15-10(11)14/h1-4H,5-6H2,(H,12,13). The highest BCUT2D eigenvalue weighted by atomic mass is 16.6. The van der Waals surface area contributed by atoms with E-state index in [4.69, 9.17) is 9.84 Å². The topological polar surface area (TPSA) is 66.8 Å². The lowest BCUT2D eigenvalue weighted by Crippen LogP contribution is -2.40. The number of carboxylic acid groups (broad SMARTS) is 1. The van der Waals surface area contributed by atoms with Gasteiger partial charge < -0.3 is 9.84 Å². The van der Waals surface area contributed by atoms with Gasteiger partial charge in [-0.25, -0.2) is 4.79 Å². The summed E-state index contributed by atoms with van der Waals surface area (Å²) in [6, 6.07) is 7.07. The molecule has 1 N–H and O–H groups in total. The Bertz CT molecular complexity index is 416. The summed E-state index contributed by atoms with van der Waals surface area (Å²) in [5.41, 5.74) is 0.818. The van der Waals surface area contributed by atoms with E-state index < -0.39 is 12.1 Å². The second-order valence-corrected chi connectivity index (χ2v) is 3.23. The molecule has 0 saturated carbocycles. The van der Waals surface area contributed by atoms with Gasteiger partial charge >= 0.3 is 12.1 Å². The Morgan fingerprint density at radius 2 is 2.20 bits per heavy atom. The maximum absolute atomic E-state index is 11.3. The first-order valence-electron chi connectivity index (χ1n) is 4.43. The molecule has 5 nitrogen and oxygen atoms in total. The maximum atomic E-state index is 11.3. The highest BCUT2D eigenvalue weighted by Crippen LogP contribution is 2.24. The van der Waals surface area contributed by atoms with Gasteiger partial charge in [0.2, 0.25) is 0 Å². The number of fused-ring (bicyclic) bond motifs is 1. The van der Waals surface area contributed by atoms with Crippen molar-refractivity contribution in [1.29, 1.82) is 0 Å². The van der Waals surface area contributed by atoms with E-state index in [0.29, 0.717) is 5.75 Å². The van der Waals surface area contributed by atoms with Gasteiger partial charge in [0.15, 0.2) is 0 Å². The molecule has 0 unspecified atom stereocenters. The van der Waals surface area contributed by atoms with Crippen LogP contribution in [0, 0.1) is 0 Å². The Morgan fingerprint density at radius 1 is 1.47 bits per heavy atom. The van der Waals surface area contributed by atoms with E-state index in [0.717, 1.165) is 10.5 Å². The number of benzene rings is 1. The normalized spacial score (nSPS) is 14.4. The van der Waals surface area contributed by atoms with Crippen LogP contribution in [0.5, 0.6) is 5.75 Å². The third-order valence-corrected chi connectivity index (χ3v) is 2.12. The summed E-state index contributed by atoms with van der Waals surface area (Å²) in [6.45, 7) is -0.0610. The molecule has 0 saturated heterocycles. The molecule has 0 spiro atoms. The lowest BCUT2D eigenvalue weighted by molar-refractivity contribution is -0.138. The summed E-state index contributed by atoms with van der Waals surface area (Å²) >= 11 is 0. The number of carbonyl (C=O) groups excluding carboxylic acids is 1. The number of nitrogens with zero attached hydrogens (tertiary/aromatic N) is 1. The van der Waals surface area contributed by atoms with Crippen LogP contribution in [-0.4, -0.2) is 28.6 Å². The summed E-state index contributed by atoms with van der Waals surface area (Å²) in [5.74, 6) is -0.546. The van der Waals surface area contributed by atoms with Crippen LogP contribution in [0.2, 0.25) is 0 Å². The van der Waals surface area contributed by atoms with Crippen LogP contribution in [0.25, 0.3) is 0 Å². The molecule has 0 bridgehead atoms. The number of ether oxygens (including phenoxy) is 1. The van der Waals surface area contributed by atoms with Crippen LogP contribution >= 0.6 is 0 Å². The van der Waals surface area contributed by atoms with Gasteiger partial charge in [-0.15, -0.1) is 0 Å². The molecule has 1 aliphatic heterocycles. The van der Waals surface area contributed by atoms with Gasteiger partial charge in [0, 0.05) is 5.56 Å². The van der Waals surface area contributed by atoms with Crippen LogP contribution in [0.4, 0.5) is 4.79 Å². The highest BCUT2D eigenvalue weighted by Gasteiger charge is 2.25. The average Bonchev–Trinajstić information content (AvgIpc) is 2.18. The Morgan fingerprint density at radius 3 is 2.93 bits per heavy atom. The number of rotatable bonds is 2. The molecule has 15 heavy (non-hydrogen) atoms. The second kappa shape index (κ2) is 3.61. The Balaban J connectivity index is 2.22. The summed E-state index contributed by atoms with van der Waals surface area (Å²) in [5, 5.41) is 8.58. The van der Waals surface area contributed by atoms with Gasteiger partial charge in [-0.2, -0.15) is 0 Å². The van der Waals surface area contributed by atoms with Gasteiger partial charge in [-0.05, 0) is 6.07 Å². The summed E-state index contributed by atoms with van der Waals surface area (Å²) in [4.78, 5) is 23.0. The lowest BCUT2D eigenvalue weighted by atomic mass is 10.1. The highest BCUT2D eigenvalue weighted by molar-refractivity contribution is 5.79. The number of carbonyl (C=O) groups is 2. The Kier molecular flexibility index (Phi) is 2.29. The minimum atomic E-state index is -1.05. The fourth-order valence-electron chi connectivity index (χ4n) is 1.45. The van der Waals surface area contributed by atoms with Crippen molar-refractivity contribution in [2.24, 2.45) is 0 Å². The predicted molar refractivity (Wildman–Crippen MR) is 50.5 cm³/mol. The fraction of sp³-hybridized carbons (Fsp3) is 0.200. The van der Waals surface area contributed by atoms with Crippen molar-refractivity contribution >= 4 is 12.1 Å². The number of aliphatic carboxylic acids is 1. The number of carboxylic acids is 1. The molecule has 0 atom stereocenters. The first-order chi connectivity index (χ1) is 7.16. The Hall–Kier alpha value is -2.04. The van der Waals surface area contributed by atoms with E-state index >= 15 is 0 Å². The number of para-hydroxylation sites is 1. The zero-order valence-electron chi connectivity index (χ0n) is 7.84. The van der Waals surface area contributed by atoms with Crippen molar-refractivity contribution in [3.05, 3.63) is 29.8 Å². The van der Waals surface area contributed by atoms with E-state index in [2.05, 4.69) is 0 Å². The fourth-order valence-corrected chi connectivity index (χ4v) is 1.45. The SMILES string of the molecule is O=C(O)CN1Cc2ccccc2OC1=O. The molecular weight excluding hydrogens is 198 g/mol. The van der Waals surface area contributed by atoms with Crippen LogP contribution in [0.1, 0.15) is 5.56 Å². The first-order valence-corrected chi connectivity index (χ1v) is 4.43. The van der Waals surface area contributed by atoms with Crippen molar-refractivity contribution in [3.63, 3.8) is 0 Å². The van der Waals surface area contributed by atoms with E-state index in [-0.39, 0.29) is 13.1 Å². The number of amides is 1. The minimum Gasteiger partial charge on any atom is -0.480 e. The van der Waals surface area contributed by atoms with E-state index in [1.165, 1.54) is 0 Å². The van der Waals surface area contributed by atoms with Gasteiger partial charge in [-0.1, -0.05) is 18.2 Å². The van der Waals surface area contributed by atoms with Crippen molar-refractivity contribution in [2.75, 3.05) is 6.54 Å². The smallest absolute Gasteiger partial charge is 0.416 e. The largest absolute Gasteiger partial charge is 0.480 e. The van der Waals surface area contributed by atoms with Gasteiger partial charge in [0.1, 0.15) is 12.3 Å². The number of hydrogen-bond acceptors (Lipinski definition) is 3. The van der Waals surface area contributed by atoms with Crippen LogP contribution in [0.15, 0.2) is 24.3 Å². The molecule has 78 valence electrons. The van der Waals surface area contributed by atoms with Crippen LogP contribution in [0.3, 0.4) is 0 Å². The quantitative estimate of drug-likeness (QED) is 0.788. The molecule has 2 rings (SSSR count). The molecule has 5 heteroatoms. The molecule has 0 radical (unpaired) electrons. The predicted octanol–water partition coefficient (Wildman–Crippen LogP) is 1.09. The maximum Gasteiger partial charge on any atom is 0.416 e. The molecular formula is C10H9NO4. The number of hydrogen-bond donors (Lipinski definition) is 1. The van der Waals surface area contributed by atoms with Crippen molar-refractivity contribution in [2.45, 2.75) is 6.54 Å². The molecule has 1 aromatic rings. The zero-order valence-corrected chi connectivity index (χ0v) is 7.84. The molecule has 1 amide bonds. The molecule has 0 fully saturated rings. The second-order valence-electron chi connectivity index (χ2n) is 3.23. The molecule has 0 aliphatic carbocycles.